The lowest BCUT2D eigenvalue weighted by Crippen LogP contribution is -2.16. The highest BCUT2D eigenvalue weighted by molar-refractivity contribution is 7.92. The maximum absolute atomic E-state index is 13.9. The van der Waals surface area contributed by atoms with E-state index in [1.807, 2.05) is 4.72 Å². The van der Waals surface area contributed by atoms with E-state index in [4.69, 9.17) is 23.2 Å². The van der Waals surface area contributed by atoms with Gasteiger partial charge in [-0.15, -0.1) is 0 Å². The first-order chi connectivity index (χ1) is 12.7. The Morgan fingerprint density at radius 2 is 1.78 bits per heavy atom. The molecule has 0 aliphatic rings. The third kappa shape index (κ3) is 4.20. The maximum Gasteiger partial charge on any atom is 0.266 e. The molecule has 11 heteroatoms. The Kier molecular flexibility index (Phi) is 5.36. The first-order valence-corrected chi connectivity index (χ1v) is 9.55. The molecule has 2 aromatic carbocycles. The number of benzene rings is 2. The number of sulfonamides is 1. The van der Waals surface area contributed by atoms with Crippen molar-refractivity contribution in [3.05, 3.63) is 75.7 Å². The lowest BCUT2D eigenvalue weighted by molar-refractivity contribution is 0.555. The summed E-state index contributed by atoms with van der Waals surface area (Å²) < 4.78 is 68.6. The van der Waals surface area contributed by atoms with E-state index in [9.17, 15) is 21.6 Å². The SMILES string of the molecule is O=S(=O)(Nc1nn(Cc2c(F)cccc2Cl)cc1Cl)c1cc(F)ccc1F. The monoisotopic (exact) mass is 435 g/mol. The highest BCUT2D eigenvalue weighted by atomic mass is 35.5. The van der Waals surface area contributed by atoms with Crippen LogP contribution in [0.15, 0.2) is 47.5 Å². The number of rotatable bonds is 5. The van der Waals surface area contributed by atoms with E-state index in [1.54, 1.807) is 0 Å². The van der Waals surface area contributed by atoms with Crippen LogP contribution in [0.4, 0.5) is 19.0 Å². The molecule has 0 atom stereocenters. The second kappa shape index (κ2) is 7.41. The minimum absolute atomic E-state index is 0.122. The van der Waals surface area contributed by atoms with Crippen LogP contribution in [0.5, 0.6) is 0 Å². The summed E-state index contributed by atoms with van der Waals surface area (Å²) in [4.78, 5) is -0.898. The van der Waals surface area contributed by atoms with Crippen LogP contribution in [0.1, 0.15) is 5.56 Å². The number of hydrogen-bond acceptors (Lipinski definition) is 3. The van der Waals surface area contributed by atoms with E-state index in [-0.39, 0.29) is 28.0 Å². The molecule has 1 N–H and O–H groups in total. The van der Waals surface area contributed by atoms with Gasteiger partial charge in [0.25, 0.3) is 10.0 Å². The van der Waals surface area contributed by atoms with Crippen molar-refractivity contribution < 1.29 is 21.6 Å². The van der Waals surface area contributed by atoms with Gasteiger partial charge in [-0.25, -0.2) is 21.6 Å². The fourth-order valence-electron chi connectivity index (χ4n) is 2.26. The summed E-state index contributed by atoms with van der Waals surface area (Å²) in [5, 5.41) is 3.94. The molecular weight excluding hydrogens is 426 g/mol. The second-order valence-electron chi connectivity index (χ2n) is 5.40. The molecule has 3 aromatic rings. The number of aromatic nitrogens is 2. The summed E-state index contributed by atoms with van der Waals surface area (Å²) >= 11 is 11.9. The molecule has 0 saturated carbocycles. The Labute approximate surface area is 162 Å². The van der Waals surface area contributed by atoms with Gasteiger partial charge in [-0.2, -0.15) is 5.10 Å². The van der Waals surface area contributed by atoms with Crippen LogP contribution in [0.2, 0.25) is 10.0 Å². The Balaban J connectivity index is 1.90. The Morgan fingerprint density at radius 1 is 1.04 bits per heavy atom. The summed E-state index contributed by atoms with van der Waals surface area (Å²) in [6.45, 7) is -0.124. The van der Waals surface area contributed by atoms with Crippen molar-refractivity contribution in [2.45, 2.75) is 11.4 Å². The van der Waals surface area contributed by atoms with Crippen molar-refractivity contribution in [2.75, 3.05) is 4.72 Å². The van der Waals surface area contributed by atoms with Gasteiger partial charge in [-0.1, -0.05) is 29.3 Å². The fourth-order valence-corrected chi connectivity index (χ4v) is 3.84. The van der Waals surface area contributed by atoms with Crippen LogP contribution < -0.4 is 4.72 Å². The Hall–Kier alpha value is -2.23. The quantitative estimate of drug-likeness (QED) is 0.643. The topological polar surface area (TPSA) is 64.0 Å². The predicted octanol–water partition coefficient (Wildman–Crippen LogP) is 4.46. The molecule has 0 unspecified atom stereocenters. The number of halogens is 5. The lowest BCUT2D eigenvalue weighted by Gasteiger charge is -2.08. The van der Waals surface area contributed by atoms with Gasteiger partial charge in [0.05, 0.1) is 6.54 Å². The largest absolute Gasteiger partial charge is 0.266 e. The van der Waals surface area contributed by atoms with Crippen LogP contribution in [-0.4, -0.2) is 18.2 Å². The molecule has 0 radical (unpaired) electrons. The van der Waals surface area contributed by atoms with E-state index >= 15 is 0 Å². The van der Waals surface area contributed by atoms with Gasteiger partial charge < -0.3 is 0 Å². The van der Waals surface area contributed by atoms with Crippen molar-refractivity contribution in [2.24, 2.45) is 0 Å². The Morgan fingerprint density at radius 3 is 2.48 bits per heavy atom. The van der Waals surface area contributed by atoms with E-state index in [1.165, 1.54) is 24.4 Å². The molecule has 5 nitrogen and oxygen atoms in total. The van der Waals surface area contributed by atoms with Crippen LogP contribution in [0.3, 0.4) is 0 Å². The van der Waals surface area contributed by atoms with Crippen LogP contribution in [0, 0.1) is 17.5 Å². The first kappa shape index (κ1) is 19.5. The summed E-state index contributed by atoms with van der Waals surface area (Å²) in [5.41, 5.74) is 0.129. The van der Waals surface area contributed by atoms with Gasteiger partial charge in [0.2, 0.25) is 0 Å². The maximum atomic E-state index is 13.9. The molecule has 142 valence electrons. The zero-order chi connectivity index (χ0) is 19.8. The molecule has 27 heavy (non-hydrogen) atoms. The molecule has 0 aliphatic carbocycles. The van der Waals surface area contributed by atoms with Gasteiger partial charge in [0.1, 0.15) is 27.4 Å². The smallest absolute Gasteiger partial charge is 0.264 e. The molecular formula is C16H10Cl2F3N3O2S. The molecule has 0 bridgehead atoms. The van der Waals surface area contributed by atoms with E-state index in [0.717, 1.165) is 10.7 Å². The molecule has 0 fully saturated rings. The third-order valence-corrected chi connectivity index (χ3v) is 5.50. The first-order valence-electron chi connectivity index (χ1n) is 7.31. The average Bonchev–Trinajstić information content (AvgIpc) is 2.92. The van der Waals surface area contributed by atoms with Gasteiger partial charge >= 0.3 is 0 Å². The van der Waals surface area contributed by atoms with Crippen LogP contribution in [-0.2, 0) is 16.6 Å². The van der Waals surface area contributed by atoms with Crippen molar-refractivity contribution in [3.8, 4) is 0 Å². The van der Waals surface area contributed by atoms with Gasteiger partial charge in [0, 0.05) is 16.8 Å². The predicted molar refractivity (Wildman–Crippen MR) is 94.9 cm³/mol. The normalized spacial score (nSPS) is 11.6. The minimum Gasteiger partial charge on any atom is -0.264 e. The lowest BCUT2D eigenvalue weighted by atomic mass is 10.2. The van der Waals surface area contributed by atoms with Crippen molar-refractivity contribution in [1.29, 1.82) is 0 Å². The third-order valence-electron chi connectivity index (χ3n) is 3.51. The molecule has 0 saturated heterocycles. The van der Waals surface area contributed by atoms with Crippen LogP contribution >= 0.6 is 23.2 Å². The van der Waals surface area contributed by atoms with Gasteiger partial charge in [-0.05, 0) is 30.3 Å². The Bertz CT molecular complexity index is 1100. The highest BCUT2D eigenvalue weighted by Gasteiger charge is 2.23. The molecule has 0 spiro atoms. The number of anilines is 1. The molecule has 0 aliphatic heterocycles. The van der Waals surface area contributed by atoms with E-state index in [2.05, 4.69) is 5.10 Å². The van der Waals surface area contributed by atoms with Crippen molar-refractivity contribution in [3.63, 3.8) is 0 Å². The van der Waals surface area contributed by atoms with E-state index < -0.39 is 32.4 Å². The van der Waals surface area contributed by atoms with Crippen LogP contribution in [0.25, 0.3) is 0 Å². The molecule has 1 heterocycles. The average molecular weight is 436 g/mol. The summed E-state index contributed by atoms with van der Waals surface area (Å²) in [5.74, 6) is -2.97. The summed E-state index contributed by atoms with van der Waals surface area (Å²) in [7, 11) is -4.49. The summed E-state index contributed by atoms with van der Waals surface area (Å²) in [6.07, 6.45) is 1.24. The molecule has 0 amide bonds. The highest BCUT2D eigenvalue weighted by Crippen LogP contribution is 2.26. The molecule has 3 rings (SSSR count). The second-order valence-corrected chi connectivity index (χ2v) is 7.87. The number of hydrogen-bond donors (Lipinski definition) is 1. The number of nitrogens with zero attached hydrogens (tertiary/aromatic N) is 2. The van der Waals surface area contributed by atoms with E-state index in [0.29, 0.717) is 12.1 Å². The van der Waals surface area contributed by atoms with Gasteiger partial charge in [-0.3, -0.25) is 9.40 Å². The van der Waals surface area contributed by atoms with Crippen molar-refractivity contribution in [1.82, 2.24) is 9.78 Å². The zero-order valence-electron chi connectivity index (χ0n) is 13.3. The standard InChI is InChI=1S/C16H10Cl2F3N3O2S/c17-11-2-1-3-13(20)10(11)7-24-8-12(18)16(22-24)23-27(25,26)15-6-9(19)4-5-14(15)21/h1-6,8H,7H2,(H,22,23). The summed E-state index contributed by atoms with van der Waals surface area (Å²) in [6, 6.07) is 6.13. The fraction of sp³-hybridized carbons (Fsp3) is 0.0625. The zero-order valence-corrected chi connectivity index (χ0v) is 15.6. The van der Waals surface area contributed by atoms with Crippen molar-refractivity contribution >= 4 is 39.0 Å². The number of nitrogens with one attached hydrogen (secondary N) is 1. The van der Waals surface area contributed by atoms with Gasteiger partial charge in [0.15, 0.2) is 5.82 Å². The minimum atomic E-state index is -4.49. The molecule has 1 aromatic heterocycles.